The van der Waals surface area contributed by atoms with Gasteiger partial charge in [0, 0.05) is 44.7 Å². The van der Waals surface area contributed by atoms with Crippen molar-refractivity contribution in [1.82, 2.24) is 15.5 Å². The Kier molecular flexibility index (Phi) is 7.03. The lowest BCUT2D eigenvalue weighted by molar-refractivity contribution is 0.198. The van der Waals surface area contributed by atoms with Crippen molar-refractivity contribution in [3.05, 3.63) is 72.2 Å². The molecule has 1 fully saturated rings. The highest BCUT2D eigenvalue weighted by molar-refractivity contribution is 5.80. The van der Waals surface area contributed by atoms with Gasteiger partial charge in [0.05, 0.1) is 6.26 Å². The molecule has 5 nitrogen and oxygen atoms in total. The molecule has 29 heavy (non-hydrogen) atoms. The van der Waals surface area contributed by atoms with Crippen LogP contribution in [0.5, 0.6) is 0 Å². The standard InChI is InChI=1S/C24H32N4O/c1-2-7-20(8-3-1)19-28-16-13-22(14-17-28)27-24(26-21-9-4-5-10-21)25-15-12-23-11-6-18-29-23/h1-8,11,18,21-22H,9-10,12-17,19H2,(H2,25,26,27). The van der Waals surface area contributed by atoms with Gasteiger partial charge in [-0.15, -0.1) is 0 Å². The quantitative estimate of drug-likeness (QED) is 0.428. The van der Waals surface area contributed by atoms with E-state index in [9.17, 15) is 0 Å². The van der Waals surface area contributed by atoms with E-state index in [2.05, 4.69) is 58.0 Å². The van der Waals surface area contributed by atoms with Gasteiger partial charge in [0.1, 0.15) is 5.76 Å². The minimum absolute atomic E-state index is 0.461. The Labute approximate surface area is 173 Å². The number of hydrogen-bond donors (Lipinski definition) is 2. The summed E-state index contributed by atoms with van der Waals surface area (Å²) in [5.74, 6) is 1.94. The summed E-state index contributed by atoms with van der Waals surface area (Å²) < 4.78 is 5.43. The van der Waals surface area contributed by atoms with E-state index in [1.807, 2.05) is 12.1 Å². The van der Waals surface area contributed by atoms with Crippen LogP contribution < -0.4 is 10.6 Å². The maximum absolute atomic E-state index is 5.43. The van der Waals surface area contributed by atoms with Crippen molar-refractivity contribution in [1.29, 1.82) is 0 Å². The number of aliphatic imine (C=N–C) groups is 1. The lowest BCUT2D eigenvalue weighted by atomic mass is 10.0. The van der Waals surface area contributed by atoms with E-state index in [4.69, 9.17) is 9.41 Å². The van der Waals surface area contributed by atoms with Crippen LogP contribution in [0.3, 0.4) is 0 Å². The molecule has 0 radical (unpaired) electrons. The summed E-state index contributed by atoms with van der Waals surface area (Å²) in [5, 5.41) is 7.33. The highest BCUT2D eigenvalue weighted by atomic mass is 16.3. The van der Waals surface area contributed by atoms with Crippen LogP contribution in [-0.2, 0) is 13.0 Å². The van der Waals surface area contributed by atoms with Gasteiger partial charge in [-0.3, -0.25) is 9.89 Å². The Morgan fingerprint density at radius 1 is 0.966 bits per heavy atom. The minimum Gasteiger partial charge on any atom is -0.469 e. The third-order valence-electron chi connectivity index (χ3n) is 5.73. The summed E-state index contributed by atoms with van der Waals surface area (Å²) in [6, 6.07) is 15.6. The molecule has 0 amide bonds. The summed E-state index contributed by atoms with van der Waals surface area (Å²) in [6.07, 6.45) is 11.5. The van der Waals surface area contributed by atoms with Crippen LogP contribution in [0.15, 0.2) is 70.3 Å². The van der Waals surface area contributed by atoms with E-state index in [0.29, 0.717) is 12.1 Å². The molecule has 0 unspecified atom stereocenters. The molecule has 1 aromatic heterocycles. The first kappa shape index (κ1) is 19.8. The second-order valence-electron chi connectivity index (χ2n) is 8.02. The molecular formula is C24H32N4O. The monoisotopic (exact) mass is 392 g/mol. The SMILES string of the molecule is C1=CCC(NC(=NCCc2ccco2)NC2CCN(Cc3ccccc3)CC2)C1. The van der Waals surface area contributed by atoms with Gasteiger partial charge in [-0.2, -0.15) is 0 Å². The Morgan fingerprint density at radius 3 is 2.45 bits per heavy atom. The zero-order chi connectivity index (χ0) is 19.7. The highest BCUT2D eigenvalue weighted by Gasteiger charge is 2.21. The van der Waals surface area contributed by atoms with Crippen LogP contribution in [-0.4, -0.2) is 42.6 Å². The molecule has 1 saturated heterocycles. The maximum atomic E-state index is 5.43. The van der Waals surface area contributed by atoms with Crippen LogP contribution in [0.2, 0.25) is 0 Å². The molecule has 5 heteroatoms. The second-order valence-corrected chi connectivity index (χ2v) is 8.02. The first-order valence-electron chi connectivity index (χ1n) is 10.9. The summed E-state index contributed by atoms with van der Waals surface area (Å²) in [6.45, 7) is 4.02. The Hall–Kier alpha value is -2.53. The molecule has 2 heterocycles. The number of nitrogens with one attached hydrogen (secondary N) is 2. The molecule has 0 spiro atoms. The summed E-state index contributed by atoms with van der Waals surface area (Å²) in [7, 11) is 0. The fourth-order valence-corrected chi connectivity index (χ4v) is 4.06. The largest absolute Gasteiger partial charge is 0.469 e. The van der Waals surface area contributed by atoms with Gasteiger partial charge in [-0.25, -0.2) is 0 Å². The number of hydrogen-bond acceptors (Lipinski definition) is 3. The van der Waals surface area contributed by atoms with Crippen LogP contribution >= 0.6 is 0 Å². The van der Waals surface area contributed by atoms with Gasteiger partial charge in [-0.05, 0) is 43.4 Å². The topological polar surface area (TPSA) is 52.8 Å². The zero-order valence-corrected chi connectivity index (χ0v) is 17.1. The lowest BCUT2D eigenvalue weighted by Crippen LogP contribution is -2.50. The van der Waals surface area contributed by atoms with Crippen molar-refractivity contribution in [2.24, 2.45) is 4.99 Å². The minimum atomic E-state index is 0.461. The molecule has 154 valence electrons. The third-order valence-corrected chi connectivity index (χ3v) is 5.73. The summed E-state index contributed by atoms with van der Waals surface area (Å²) in [5.41, 5.74) is 1.40. The Morgan fingerprint density at radius 2 is 1.72 bits per heavy atom. The predicted octanol–water partition coefficient (Wildman–Crippen LogP) is 3.74. The number of nitrogens with zero attached hydrogens (tertiary/aromatic N) is 2. The van der Waals surface area contributed by atoms with Gasteiger partial charge in [0.25, 0.3) is 0 Å². The van der Waals surface area contributed by atoms with E-state index in [0.717, 1.165) is 70.0 Å². The average molecular weight is 393 g/mol. The lowest BCUT2D eigenvalue weighted by Gasteiger charge is -2.33. The molecule has 2 aromatic rings. The number of furan rings is 1. The smallest absolute Gasteiger partial charge is 0.191 e. The van der Waals surface area contributed by atoms with Crippen molar-refractivity contribution in [3.8, 4) is 0 Å². The normalized spacial score (nSPS) is 19.0. The number of rotatable bonds is 7. The van der Waals surface area contributed by atoms with Crippen molar-refractivity contribution >= 4 is 5.96 Å². The summed E-state index contributed by atoms with van der Waals surface area (Å²) >= 11 is 0. The van der Waals surface area contributed by atoms with E-state index in [1.165, 1.54) is 5.56 Å². The molecule has 1 aliphatic heterocycles. The molecule has 0 saturated carbocycles. The number of likely N-dealkylation sites (tertiary alicyclic amines) is 1. The van der Waals surface area contributed by atoms with E-state index < -0.39 is 0 Å². The van der Waals surface area contributed by atoms with Crippen LogP contribution in [0.4, 0.5) is 0 Å². The van der Waals surface area contributed by atoms with Crippen molar-refractivity contribution in [3.63, 3.8) is 0 Å². The molecule has 0 atom stereocenters. The number of benzene rings is 1. The molecule has 2 N–H and O–H groups in total. The number of guanidine groups is 1. The average Bonchev–Trinajstić information content (AvgIpc) is 3.45. The molecule has 1 aromatic carbocycles. The Bertz CT molecular complexity index is 768. The van der Waals surface area contributed by atoms with Gasteiger partial charge in [-0.1, -0.05) is 42.5 Å². The fraction of sp³-hybridized carbons (Fsp3) is 0.458. The van der Waals surface area contributed by atoms with Gasteiger partial charge >= 0.3 is 0 Å². The molecule has 2 aliphatic rings. The first-order chi connectivity index (χ1) is 14.3. The number of piperidine rings is 1. The van der Waals surface area contributed by atoms with Crippen LogP contribution in [0.25, 0.3) is 0 Å². The zero-order valence-electron chi connectivity index (χ0n) is 17.1. The van der Waals surface area contributed by atoms with Gasteiger partial charge < -0.3 is 15.1 Å². The van der Waals surface area contributed by atoms with Crippen LogP contribution in [0.1, 0.15) is 37.0 Å². The third kappa shape index (κ3) is 6.23. The predicted molar refractivity (Wildman–Crippen MR) is 118 cm³/mol. The van der Waals surface area contributed by atoms with E-state index in [1.54, 1.807) is 6.26 Å². The molecule has 4 rings (SSSR count). The summed E-state index contributed by atoms with van der Waals surface area (Å²) in [4.78, 5) is 7.39. The molecule has 1 aliphatic carbocycles. The van der Waals surface area contributed by atoms with E-state index in [-0.39, 0.29) is 0 Å². The molecule has 0 bridgehead atoms. The molecular weight excluding hydrogens is 360 g/mol. The fourth-order valence-electron chi connectivity index (χ4n) is 4.06. The maximum Gasteiger partial charge on any atom is 0.191 e. The van der Waals surface area contributed by atoms with Gasteiger partial charge in [0.15, 0.2) is 5.96 Å². The van der Waals surface area contributed by atoms with Crippen molar-refractivity contribution in [2.45, 2.75) is 50.7 Å². The Balaban J connectivity index is 1.27. The first-order valence-corrected chi connectivity index (χ1v) is 10.9. The van der Waals surface area contributed by atoms with Crippen molar-refractivity contribution in [2.75, 3.05) is 19.6 Å². The second kappa shape index (κ2) is 10.3. The van der Waals surface area contributed by atoms with Gasteiger partial charge in [0.2, 0.25) is 0 Å². The van der Waals surface area contributed by atoms with E-state index >= 15 is 0 Å². The van der Waals surface area contributed by atoms with Crippen molar-refractivity contribution < 1.29 is 4.42 Å². The van der Waals surface area contributed by atoms with Crippen LogP contribution in [0, 0.1) is 0 Å². The highest BCUT2D eigenvalue weighted by Crippen LogP contribution is 2.14.